The van der Waals surface area contributed by atoms with Gasteiger partial charge in [-0.1, -0.05) is 77.7 Å². The highest BCUT2D eigenvalue weighted by Gasteiger charge is 2.43. The molecule has 24 heavy (non-hydrogen) atoms. The van der Waals surface area contributed by atoms with Crippen LogP contribution in [-0.4, -0.2) is 0 Å². The van der Waals surface area contributed by atoms with Gasteiger partial charge in [-0.2, -0.15) is 0 Å². The molecule has 0 saturated carbocycles. The van der Waals surface area contributed by atoms with Crippen molar-refractivity contribution >= 4 is 5.57 Å². The summed E-state index contributed by atoms with van der Waals surface area (Å²) in [4.78, 5) is 0. The quantitative estimate of drug-likeness (QED) is 0.505. The first-order valence-corrected chi connectivity index (χ1v) is 9.95. The minimum Gasteiger partial charge on any atom is -0.0764 e. The standard InChI is InChI=1S/C24H34/c1-7-8-9-10-11-24(6)22-14-18(4)16(2)12-20(22)21-13-17(3)19(5)15-23(21)24/h12-16,18H,7-11H2,1-6H3. The summed E-state index contributed by atoms with van der Waals surface area (Å²) in [7, 11) is 0. The van der Waals surface area contributed by atoms with Gasteiger partial charge >= 0.3 is 0 Å². The second-order valence-electron chi connectivity index (χ2n) is 8.50. The van der Waals surface area contributed by atoms with Crippen LogP contribution in [0.1, 0.15) is 82.1 Å². The molecule has 2 aliphatic rings. The van der Waals surface area contributed by atoms with Crippen LogP contribution in [0, 0.1) is 25.7 Å². The smallest absolute Gasteiger partial charge is 0.0184 e. The second kappa shape index (κ2) is 6.54. The van der Waals surface area contributed by atoms with Crippen molar-refractivity contribution in [1.29, 1.82) is 0 Å². The van der Waals surface area contributed by atoms with Gasteiger partial charge in [-0.25, -0.2) is 0 Å². The topological polar surface area (TPSA) is 0 Å². The van der Waals surface area contributed by atoms with Crippen LogP contribution < -0.4 is 0 Å². The van der Waals surface area contributed by atoms with E-state index in [0.29, 0.717) is 11.8 Å². The monoisotopic (exact) mass is 322 g/mol. The molecule has 3 atom stereocenters. The van der Waals surface area contributed by atoms with Crippen LogP contribution in [0.5, 0.6) is 0 Å². The van der Waals surface area contributed by atoms with E-state index in [4.69, 9.17) is 0 Å². The summed E-state index contributed by atoms with van der Waals surface area (Å²) in [5.41, 5.74) is 9.33. The van der Waals surface area contributed by atoms with Crippen molar-refractivity contribution in [3.05, 3.63) is 52.1 Å². The largest absolute Gasteiger partial charge is 0.0764 e. The Kier molecular flexibility index (Phi) is 4.78. The Morgan fingerprint density at radius 2 is 1.58 bits per heavy atom. The molecule has 3 unspecified atom stereocenters. The van der Waals surface area contributed by atoms with E-state index in [1.54, 1.807) is 11.1 Å². The minimum absolute atomic E-state index is 0.210. The van der Waals surface area contributed by atoms with E-state index in [-0.39, 0.29) is 5.41 Å². The zero-order chi connectivity index (χ0) is 17.5. The first-order valence-electron chi connectivity index (χ1n) is 9.95. The van der Waals surface area contributed by atoms with E-state index in [0.717, 1.165) is 0 Å². The van der Waals surface area contributed by atoms with Crippen LogP contribution >= 0.6 is 0 Å². The highest BCUT2D eigenvalue weighted by molar-refractivity contribution is 5.91. The lowest BCUT2D eigenvalue weighted by atomic mass is 9.72. The Balaban J connectivity index is 2.07. The lowest BCUT2D eigenvalue weighted by molar-refractivity contribution is 0.472. The van der Waals surface area contributed by atoms with Crippen molar-refractivity contribution in [1.82, 2.24) is 0 Å². The van der Waals surface area contributed by atoms with E-state index in [2.05, 4.69) is 65.8 Å². The fraction of sp³-hybridized carbons (Fsp3) is 0.583. The Labute approximate surface area is 149 Å². The molecule has 1 aromatic rings. The highest BCUT2D eigenvalue weighted by atomic mass is 14.5. The van der Waals surface area contributed by atoms with Gasteiger partial charge < -0.3 is 0 Å². The van der Waals surface area contributed by atoms with Crippen LogP contribution in [0.25, 0.3) is 5.57 Å². The molecule has 0 heteroatoms. The molecular formula is C24H34. The molecule has 0 fully saturated rings. The molecule has 0 heterocycles. The fourth-order valence-electron chi connectivity index (χ4n) is 4.54. The molecule has 0 aromatic heterocycles. The van der Waals surface area contributed by atoms with E-state index in [1.807, 2.05) is 0 Å². The maximum atomic E-state index is 2.59. The molecule has 0 bridgehead atoms. The van der Waals surface area contributed by atoms with Crippen LogP contribution in [0.15, 0.2) is 29.9 Å². The summed E-state index contributed by atoms with van der Waals surface area (Å²) in [6, 6.07) is 4.93. The maximum absolute atomic E-state index is 2.59. The van der Waals surface area contributed by atoms with E-state index in [1.165, 1.54) is 54.4 Å². The lowest BCUT2D eigenvalue weighted by Crippen LogP contribution is -2.23. The summed E-state index contributed by atoms with van der Waals surface area (Å²) in [6.45, 7) is 14.1. The summed E-state index contributed by atoms with van der Waals surface area (Å²) in [5, 5.41) is 0. The molecule has 3 rings (SSSR count). The Morgan fingerprint density at radius 1 is 0.917 bits per heavy atom. The van der Waals surface area contributed by atoms with Gasteiger partial charge in [-0.15, -0.1) is 0 Å². The number of benzene rings is 1. The maximum Gasteiger partial charge on any atom is 0.0184 e. The van der Waals surface area contributed by atoms with Gasteiger partial charge in [0, 0.05) is 5.41 Å². The van der Waals surface area contributed by atoms with E-state index < -0.39 is 0 Å². The van der Waals surface area contributed by atoms with Gasteiger partial charge in [0.15, 0.2) is 0 Å². The zero-order valence-electron chi connectivity index (χ0n) is 16.5. The number of hydrogen-bond acceptors (Lipinski definition) is 0. The van der Waals surface area contributed by atoms with E-state index >= 15 is 0 Å². The summed E-state index contributed by atoms with van der Waals surface area (Å²) in [6.07, 6.45) is 11.8. The zero-order valence-corrected chi connectivity index (χ0v) is 16.5. The van der Waals surface area contributed by atoms with Crippen molar-refractivity contribution in [2.45, 2.75) is 79.1 Å². The first-order chi connectivity index (χ1) is 11.4. The molecule has 0 spiro atoms. The van der Waals surface area contributed by atoms with Crippen molar-refractivity contribution in [3.63, 3.8) is 0 Å². The van der Waals surface area contributed by atoms with Crippen molar-refractivity contribution < 1.29 is 0 Å². The fourth-order valence-corrected chi connectivity index (χ4v) is 4.54. The van der Waals surface area contributed by atoms with E-state index in [9.17, 15) is 0 Å². The Morgan fingerprint density at radius 3 is 2.29 bits per heavy atom. The van der Waals surface area contributed by atoms with Crippen molar-refractivity contribution in [2.75, 3.05) is 0 Å². The number of allylic oxidation sites excluding steroid dienone is 4. The third-order valence-electron chi connectivity index (χ3n) is 6.62. The SMILES string of the molecule is CCCCCCC1(C)C2=CC(C)C(C)C=C2c2cc(C)c(C)cc21. The molecule has 2 aliphatic carbocycles. The average Bonchev–Trinajstić information content (AvgIpc) is 2.75. The summed E-state index contributed by atoms with van der Waals surface area (Å²) >= 11 is 0. The number of aryl methyl sites for hydroxylation is 2. The van der Waals surface area contributed by atoms with Crippen molar-refractivity contribution in [2.24, 2.45) is 11.8 Å². The van der Waals surface area contributed by atoms with Gasteiger partial charge in [0.1, 0.15) is 0 Å². The lowest BCUT2D eigenvalue weighted by Gasteiger charge is -2.32. The van der Waals surface area contributed by atoms with Gasteiger partial charge in [0.2, 0.25) is 0 Å². The van der Waals surface area contributed by atoms with Crippen LogP contribution in [0.3, 0.4) is 0 Å². The van der Waals surface area contributed by atoms with Gasteiger partial charge in [0.05, 0.1) is 0 Å². The minimum atomic E-state index is 0.210. The number of rotatable bonds is 5. The predicted octanol–water partition coefficient (Wildman–Crippen LogP) is 7.14. The summed E-state index contributed by atoms with van der Waals surface area (Å²) in [5.74, 6) is 1.29. The highest BCUT2D eigenvalue weighted by Crippen LogP contribution is 2.55. The molecule has 0 saturated heterocycles. The molecule has 0 N–H and O–H groups in total. The molecule has 1 aromatic carbocycles. The van der Waals surface area contributed by atoms with Gasteiger partial charge in [-0.3, -0.25) is 0 Å². The molecular weight excluding hydrogens is 288 g/mol. The number of hydrogen-bond donors (Lipinski definition) is 0. The molecule has 0 amide bonds. The molecule has 0 nitrogen and oxygen atoms in total. The van der Waals surface area contributed by atoms with Crippen molar-refractivity contribution in [3.8, 4) is 0 Å². The number of unbranched alkanes of at least 4 members (excludes halogenated alkanes) is 3. The molecule has 130 valence electrons. The van der Waals surface area contributed by atoms with Gasteiger partial charge in [0.25, 0.3) is 0 Å². The van der Waals surface area contributed by atoms with Crippen LogP contribution in [-0.2, 0) is 5.41 Å². The normalized spacial score (nSPS) is 28.2. The molecule has 0 radical (unpaired) electrons. The number of fused-ring (bicyclic) bond motifs is 3. The van der Waals surface area contributed by atoms with Crippen LogP contribution in [0.2, 0.25) is 0 Å². The first kappa shape index (κ1) is 17.5. The second-order valence-corrected chi connectivity index (χ2v) is 8.50. The average molecular weight is 323 g/mol. The Bertz CT molecular complexity index is 688. The Hall–Kier alpha value is -1.30. The van der Waals surface area contributed by atoms with Gasteiger partial charge in [-0.05, 0) is 65.5 Å². The molecule has 0 aliphatic heterocycles. The van der Waals surface area contributed by atoms with Crippen LogP contribution in [0.4, 0.5) is 0 Å². The summed E-state index contributed by atoms with van der Waals surface area (Å²) < 4.78 is 0. The third kappa shape index (κ3) is 2.79. The third-order valence-corrected chi connectivity index (χ3v) is 6.62. The predicted molar refractivity (Wildman–Crippen MR) is 106 cm³/mol.